The molecule has 0 spiro atoms. The van der Waals surface area contributed by atoms with Crippen LogP contribution in [0.4, 0.5) is 0 Å². The van der Waals surface area contributed by atoms with Crippen LogP contribution < -0.4 is 5.32 Å². The van der Waals surface area contributed by atoms with E-state index in [0.717, 1.165) is 37.3 Å². The fourth-order valence-electron chi connectivity index (χ4n) is 4.34. The Morgan fingerprint density at radius 2 is 2.00 bits per heavy atom. The zero-order chi connectivity index (χ0) is 19.5. The van der Waals surface area contributed by atoms with Crippen molar-refractivity contribution in [2.45, 2.75) is 44.7 Å². The molecule has 0 aliphatic carbocycles. The van der Waals surface area contributed by atoms with E-state index >= 15 is 0 Å². The van der Waals surface area contributed by atoms with Crippen molar-refractivity contribution in [2.75, 3.05) is 26.2 Å². The van der Waals surface area contributed by atoms with E-state index in [1.165, 1.54) is 44.3 Å². The van der Waals surface area contributed by atoms with Gasteiger partial charge >= 0.3 is 0 Å². The van der Waals surface area contributed by atoms with E-state index in [4.69, 9.17) is 4.52 Å². The predicted molar refractivity (Wildman–Crippen MR) is 118 cm³/mol. The first-order chi connectivity index (χ1) is 14.3. The Balaban J connectivity index is 0.00000218. The van der Waals surface area contributed by atoms with Gasteiger partial charge in [0.15, 0.2) is 5.69 Å². The van der Waals surface area contributed by atoms with Gasteiger partial charge in [-0.15, -0.1) is 12.4 Å². The molecule has 2 fully saturated rings. The van der Waals surface area contributed by atoms with Gasteiger partial charge in [-0.1, -0.05) is 29.8 Å². The topological polar surface area (TPSA) is 72.0 Å². The number of likely N-dealkylation sites (tertiary alicyclic amines) is 1. The summed E-state index contributed by atoms with van der Waals surface area (Å²) < 4.78 is 7.55. The van der Waals surface area contributed by atoms with Gasteiger partial charge in [-0.05, 0) is 63.0 Å². The van der Waals surface area contributed by atoms with Crippen molar-refractivity contribution in [2.24, 2.45) is 0 Å². The second kappa shape index (κ2) is 9.73. The van der Waals surface area contributed by atoms with E-state index in [2.05, 4.69) is 43.7 Å². The predicted octanol–water partition coefficient (Wildman–Crippen LogP) is 3.93. The van der Waals surface area contributed by atoms with Gasteiger partial charge in [0.2, 0.25) is 5.82 Å². The molecule has 0 amide bonds. The van der Waals surface area contributed by atoms with Crippen LogP contribution in [0.1, 0.15) is 43.7 Å². The first-order valence-corrected chi connectivity index (χ1v) is 10.8. The van der Waals surface area contributed by atoms with Gasteiger partial charge in [0.25, 0.3) is 5.89 Å². The van der Waals surface area contributed by atoms with E-state index in [-0.39, 0.29) is 12.4 Å². The van der Waals surface area contributed by atoms with Gasteiger partial charge in [-0.25, -0.2) is 0 Å². The lowest BCUT2D eigenvalue weighted by molar-refractivity contribution is 0.221. The third kappa shape index (κ3) is 4.74. The molecular weight excluding hydrogens is 400 g/mol. The maximum atomic E-state index is 5.53. The minimum Gasteiger partial charge on any atom is -0.332 e. The average Bonchev–Trinajstić information content (AvgIpc) is 3.45. The molecule has 0 bridgehead atoms. The number of rotatable bonds is 5. The number of halogens is 1. The van der Waals surface area contributed by atoms with Crippen LogP contribution in [-0.4, -0.2) is 51.0 Å². The van der Waals surface area contributed by atoms with Crippen molar-refractivity contribution in [3.63, 3.8) is 0 Å². The van der Waals surface area contributed by atoms with E-state index in [9.17, 15) is 0 Å². The Labute approximate surface area is 183 Å². The lowest BCUT2D eigenvalue weighted by Gasteiger charge is -2.26. The van der Waals surface area contributed by atoms with E-state index in [1.807, 2.05) is 23.0 Å². The lowest BCUT2D eigenvalue weighted by Crippen LogP contribution is -2.31. The van der Waals surface area contributed by atoms with E-state index < -0.39 is 0 Å². The van der Waals surface area contributed by atoms with E-state index in [1.54, 1.807) is 0 Å². The normalized spacial score (nSPS) is 20.1. The smallest absolute Gasteiger partial charge is 0.278 e. The van der Waals surface area contributed by atoms with Crippen molar-refractivity contribution in [3.8, 4) is 23.0 Å². The van der Waals surface area contributed by atoms with Gasteiger partial charge in [0, 0.05) is 24.8 Å². The summed E-state index contributed by atoms with van der Waals surface area (Å²) in [6.07, 6.45) is 8.30. The molecule has 2 saturated heterocycles. The van der Waals surface area contributed by atoms with Crippen LogP contribution >= 0.6 is 12.4 Å². The molecule has 4 heterocycles. The number of nitrogens with one attached hydrogen (secondary N) is 1. The molecule has 3 aromatic rings. The molecule has 5 rings (SSSR count). The van der Waals surface area contributed by atoms with E-state index in [0.29, 0.717) is 17.8 Å². The molecule has 0 saturated carbocycles. The number of piperidine rings is 2. The Hall–Kier alpha value is -2.22. The number of benzene rings is 1. The molecule has 2 aromatic heterocycles. The highest BCUT2D eigenvalue weighted by molar-refractivity contribution is 5.85. The molecule has 1 aromatic carbocycles. The number of aromatic nitrogens is 4. The maximum Gasteiger partial charge on any atom is 0.278 e. The Morgan fingerprint density at radius 1 is 1.10 bits per heavy atom. The molecule has 1 atom stereocenters. The quantitative estimate of drug-likeness (QED) is 0.663. The summed E-state index contributed by atoms with van der Waals surface area (Å²) >= 11 is 0. The summed E-state index contributed by atoms with van der Waals surface area (Å²) in [4.78, 5) is 7.14. The minimum atomic E-state index is 0. The van der Waals surface area contributed by atoms with Crippen LogP contribution in [0, 0.1) is 0 Å². The molecular formula is C22H29ClN6O. The SMILES string of the molecule is Cl.c1cc(CN2CCCCC2)cc(-c2noc(-c3ccn(C4CCCNC4)n3)n2)c1. The van der Waals surface area contributed by atoms with Crippen LogP contribution in [0.15, 0.2) is 41.1 Å². The third-order valence-electron chi connectivity index (χ3n) is 5.94. The molecule has 30 heavy (non-hydrogen) atoms. The molecule has 160 valence electrons. The van der Waals surface area contributed by atoms with Crippen molar-refractivity contribution in [1.29, 1.82) is 0 Å². The van der Waals surface area contributed by atoms with Gasteiger partial charge < -0.3 is 9.84 Å². The van der Waals surface area contributed by atoms with Crippen LogP contribution in [0.25, 0.3) is 23.0 Å². The number of hydrogen-bond acceptors (Lipinski definition) is 6. The molecule has 2 aliphatic heterocycles. The highest BCUT2D eigenvalue weighted by Gasteiger charge is 2.19. The Bertz CT molecular complexity index is 943. The molecule has 1 unspecified atom stereocenters. The zero-order valence-corrected chi connectivity index (χ0v) is 18.0. The van der Waals surface area contributed by atoms with Gasteiger partial charge in [-0.2, -0.15) is 10.1 Å². The summed E-state index contributed by atoms with van der Waals surface area (Å²) in [6, 6.07) is 10.8. The lowest BCUT2D eigenvalue weighted by atomic mass is 10.1. The highest BCUT2D eigenvalue weighted by atomic mass is 35.5. The molecule has 1 N–H and O–H groups in total. The average molecular weight is 429 g/mol. The van der Waals surface area contributed by atoms with Crippen LogP contribution in [0.2, 0.25) is 0 Å². The largest absolute Gasteiger partial charge is 0.332 e. The third-order valence-corrected chi connectivity index (χ3v) is 5.94. The minimum absolute atomic E-state index is 0. The van der Waals surface area contributed by atoms with Crippen LogP contribution in [-0.2, 0) is 6.54 Å². The second-order valence-electron chi connectivity index (χ2n) is 8.14. The highest BCUT2D eigenvalue weighted by Crippen LogP contribution is 2.24. The van der Waals surface area contributed by atoms with Crippen molar-refractivity contribution in [1.82, 2.24) is 30.1 Å². The Kier molecular flexibility index (Phi) is 6.82. The summed E-state index contributed by atoms with van der Waals surface area (Å²) in [5, 5.41) is 12.3. The fraction of sp³-hybridized carbons (Fsp3) is 0.500. The molecule has 2 aliphatic rings. The first kappa shape index (κ1) is 21.0. The summed E-state index contributed by atoms with van der Waals surface area (Å²) in [5.41, 5.74) is 3.02. The number of nitrogens with zero attached hydrogens (tertiary/aromatic N) is 5. The molecule has 0 radical (unpaired) electrons. The van der Waals surface area contributed by atoms with Gasteiger partial charge in [-0.3, -0.25) is 9.58 Å². The monoisotopic (exact) mass is 428 g/mol. The van der Waals surface area contributed by atoms with Crippen molar-refractivity contribution < 1.29 is 4.52 Å². The Morgan fingerprint density at radius 3 is 2.83 bits per heavy atom. The first-order valence-electron chi connectivity index (χ1n) is 10.8. The standard InChI is InChI=1S/C22H28N6O.ClH/c1-2-11-27(12-3-1)16-17-6-4-7-18(14-17)21-24-22(29-26-21)20-9-13-28(25-20)19-8-5-10-23-15-19;/h4,6-7,9,13-14,19,23H,1-3,5,8,10-12,15-16H2;1H. The van der Waals surface area contributed by atoms with Crippen molar-refractivity contribution in [3.05, 3.63) is 42.1 Å². The van der Waals surface area contributed by atoms with Crippen LogP contribution in [0.3, 0.4) is 0 Å². The van der Waals surface area contributed by atoms with Crippen LogP contribution in [0.5, 0.6) is 0 Å². The summed E-state index contributed by atoms with van der Waals surface area (Å²) in [5.74, 6) is 1.10. The zero-order valence-electron chi connectivity index (χ0n) is 17.2. The summed E-state index contributed by atoms with van der Waals surface area (Å²) in [6.45, 7) is 5.42. The van der Waals surface area contributed by atoms with Crippen molar-refractivity contribution >= 4 is 12.4 Å². The second-order valence-corrected chi connectivity index (χ2v) is 8.14. The maximum absolute atomic E-state index is 5.53. The summed E-state index contributed by atoms with van der Waals surface area (Å²) in [7, 11) is 0. The molecule has 7 nitrogen and oxygen atoms in total. The fourth-order valence-corrected chi connectivity index (χ4v) is 4.34. The van der Waals surface area contributed by atoms with Gasteiger partial charge in [0.05, 0.1) is 6.04 Å². The number of hydrogen-bond donors (Lipinski definition) is 1. The molecule has 8 heteroatoms. The van der Waals surface area contributed by atoms with Gasteiger partial charge in [0.1, 0.15) is 0 Å².